The Hall–Kier alpha value is -2.48. The molecule has 1 unspecified atom stereocenters. The molecule has 3 rings (SSSR count). The van der Waals surface area contributed by atoms with Gasteiger partial charge in [0.05, 0.1) is 4.92 Å². The number of nitro benzene ring substituents is 1. The van der Waals surface area contributed by atoms with Crippen LogP contribution < -0.4 is 4.74 Å². The van der Waals surface area contributed by atoms with Gasteiger partial charge in [-0.1, -0.05) is 30.3 Å². The Labute approximate surface area is 171 Å². The number of β-amino-alcohol motifs (C(OH)–C–C–N with tert-alkyl or cyclic N) is 1. The lowest BCUT2D eigenvalue weighted by Gasteiger charge is -2.35. The molecule has 1 saturated heterocycles. The average molecular weight is 399 g/mol. The van der Waals surface area contributed by atoms with Crippen LogP contribution in [0.2, 0.25) is 0 Å². The zero-order chi connectivity index (χ0) is 20.5. The lowest BCUT2D eigenvalue weighted by Crippen LogP contribution is -2.49. The highest BCUT2D eigenvalue weighted by molar-refractivity contribution is 5.35. The predicted octanol–water partition coefficient (Wildman–Crippen LogP) is 2.58. The number of nitrogens with zero attached hydrogens (tertiary/aromatic N) is 3. The number of piperazine rings is 1. The number of non-ortho nitro benzene ring substituents is 1. The van der Waals surface area contributed by atoms with E-state index in [9.17, 15) is 15.2 Å². The number of aryl methyl sites for hydroxylation is 1. The third kappa shape index (κ3) is 7.12. The van der Waals surface area contributed by atoms with E-state index in [-0.39, 0.29) is 12.3 Å². The summed E-state index contributed by atoms with van der Waals surface area (Å²) in [5.74, 6) is 0.526. The number of ether oxygens (including phenoxy) is 1. The fraction of sp³-hybridized carbons (Fsp3) is 0.455. The second kappa shape index (κ2) is 10.9. The zero-order valence-electron chi connectivity index (χ0n) is 16.7. The fourth-order valence-electron chi connectivity index (χ4n) is 3.55. The molecule has 0 spiro atoms. The average Bonchev–Trinajstić information content (AvgIpc) is 2.74. The maximum atomic E-state index is 10.7. The Morgan fingerprint density at radius 3 is 2.31 bits per heavy atom. The first-order valence-electron chi connectivity index (χ1n) is 10.1. The van der Waals surface area contributed by atoms with E-state index in [1.807, 2.05) is 6.07 Å². The van der Waals surface area contributed by atoms with Crippen molar-refractivity contribution in [2.75, 3.05) is 45.9 Å². The van der Waals surface area contributed by atoms with Crippen LogP contribution in [-0.4, -0.2) is 71.8 Å². The Balaban J connectivity index is 1.30. The molecule has 1 fully saturated rings. The Morgan fingerprint density at radius 2 is 1.66 bits per heavy atom. The van der Waals surface area contributed by atoms with Crippen molar-refractivity contribution < 1.29 is 14.8 Å². The van der Waals surface area contributed by atoms with Gasteiger partial charge in [0.25, 0.3) is 5.69 Å². The molecule has 7 heteroatoms. The van der Waals surface area contributed by atoms with E-state index in [0.29, 0.717) is 12.3 Å². The van der Waals surface area contributed by atoms with Gasteiger partial charge < -0.3 is 14.7 Å². The first kappa shape index (κ1) is 21.2. The second-order valence-corrected chi connectivity index (χ2v) is 7.45. The van der Waals surface area contributed by atoms with E-state index in [0.717, 1.165) is 45.6 Å². The molecule has 7 nitrogen and oxygen atoms in total. The molecule has 2 aromatic rings. The van der Waals surface area contributed by atoms with Crippen LogP contribution in [0.25, 0.3) is 0 Å². The second-order valence-electron chi connectivity index (χ2n) is 7.45. The van der Waals surface area contributed by atoms with Crippen LogP contribution in [0.1, 0.15) is 12.0 Å². The number of hydrogen-bond acceptors (Lipinski definition) is 6. The van der Waals surface area contributed by atoms with Crippen LogP contribution in [-0.2, 0) is 6.42 Å². The van der Waals surface area contributed by atoms with Crippen molar-refractivity contribution in [1.29, 1.82) is 0 Å². The molecule has 1 aliphatic heterocycles. The van der Waals surface area contributed by atoms with Gasteiger partial charge >= 0.3 is 0 Å². The molecule has 1 N–H and O–H groups in total. The maximum absolute atomic E-state index is 10.7. The number of rotatable bonds is 10. The maximum Gasteiger partial charge on any atom is 0.269 e. The van der Waals surface area contributed by atoms with Crippen LogP contribution in [0.3, 0.4) is 0 Å². The molecule has 0 radical (unpaired) electrons. The minimum Gasteiger partial charge on any atom is -0.491 e. The van der Waals surface area contributed by atoms with Gasteiger partial charge in [-0.2, -0.15) is 0 Å². The predicted molar refractivity (Wildman–Crippen MR) is 112 cm³/mol. The molecular formula is C22H29N3O4. The summed E-state index contributed by atoms with van der Waals surface area (Å²) in [4.78, 5) is 15.0. The Bertz CT molecular complexity index is 746. The molecule has 156 valence electrons. The molecule has 0 saturated carbocycles. The van der Waals surface area contributed by atoms with Gasteiger partial charge in [-0.3, -0.25) is 15.0 Å². The molecule has 2 aromatic carbocycles. The Kier molecular flexibility index (Phi) is 7.98. The van der Waals surface area contributed by atoms with Crippen molar-refractivity contribution in [3.8, 4) is 5.75 Å². The summed E-state index contributed by atoms with van der Waals surface area (Å²) in [6, 6.07) is 16.5. The summed E-state index contributed by atoms with van der Waals surface area (Å²) in [5, 5.41) is 20.9. The summed E-state index contributed by atoms with van der Waals surface area (Å²) in [5.41, 5.74) is 1.42. The van der Waals surface area contributed by atoms with Crippen LogP contribution in [0.5, 0.6) is 5.75 Å². The van der Waals surface area contributed by atoms with Gasteiger partial charge in [0.15, 0.2) is 0 Å². The highest BCUT2D eigenvalue weighted by Crippen LogP contribution is 2.17. The summed E-state index contributed by atoms with van der Waals surface area (Å²) in [6.07, 6.45) is 1.69. The van der Waals surface area contributed by atoms with Crippen LogP contribution in [0.15, 0.2) is 54.6 Å². The number of aliphatic hydroxyl groups excluding tert-OH is 1. The minimum atomic E-state index is -0.588. The number of nitro groups is 1. The van der Waals surface area contributed by atoms with Crippen molar-refractivity contribution in [3.63, 3.8) is 0 Å². The van der Waals surface area contributed by atoms with E-state index in [1.165, 1.54) is 17.7 Å². The molecule has 0 aromatic heterocycles. The summed E-state index contributed by atoms with van der Waals surface area (Å²) >= 11 is 0. The largest absolute Gasteiger partial charge is 0.491 e. The third-order valence-corrected chi connectivity index (χ3v) is 5.21. The minimum absolute atomic E-state index is 0.0273. The van der Waals surface area contributed by atoms with Gasteiger partial charge in [-0.15, -0.1) is 0 Å². The zero-order valence-corrected chi connectivity index (χ0v) is 16.7. The highest BCUT2D eigenvalue weighted by atomic mass is 16.6. The van der Waals surface area contributed by atoms with E-state index in [4.69, 9.17) is 4.74 Å². The van der Waals surface area contributed by atoms with Gasteiger partial charge in [-0.05, 0) is 37.1 Å². The summed E-state index contributed by atoms with van der Waals surface area (Å²) < 4.78 is 5.55. The molecular weight excluding hydrogens is 370 g/mol. The smallest absolute Gasteiger partial charge is 0.269 e. The molecule has 1 atom stereocenters. The monoisotopic (exact) mass is 399 g/mol. The SMILES string of the molecule is O=[N+]([O-])c1ccc(OCC(O)CN2CCN(CCCc3ccccc3)CC2)cc1. The van der Waals surface area contributed by atoms with Crippen LogP contribution >= 0.6 is 0 Å². The van der Waals surface area contributed by atoms with Crippen molar-refractivity contribution >= 4 is 5.69 Å². The van der Waals surface area contributed by atoms with Crippen LogP contribution in [0, 0.1) is 10.1 Å². The van der Waals surface area contributed by atoms with E-state index in [1.54, 1.807) is 12.1 Å². The fourth-order valence-corrected chi connectivity index (χ4v) is 3.55. The molecule has 1 heterocycles. The first-order valence-corrected chi connectivity index (χ1v) is 10.1. The molecule has 1 aliphatic rings. The first-order chi connectivity index (χ1) is 14.1. The number of aliphatic hydroxyl groups is 1. The highest BCUT2D eigenvalue weighted by Gasteiger charge is 2.19. The molecule has 0 bridgehead atoms. The lowest BCUT2D eigenvalue weighted by atomic mass is 10.1. The molecule has 29 heavy (non-hydrogen) atoms. The van der Waals surface area contributed by atoms with Gasteiger partial charge in [0.1, 0.15) is 18.5 Å². The molecule has 0 aliphatic carbocycles. The van der Waals surface area contributed by atoms with Crippen molar-refractivity contribution in [1.82, 2.24) is 9.80 Å². The number of benzene rings is 2. The third-order valence-electron chi connectivity index (χ3n) is 5.21. The summed E-state index contributed by atoms with van der Waals surface area (Å²) in [6.45, 7) is 5.78. The van der Waals surface area contributed by atoms with Crippen molar-refractivity contribution in [2.45, 2.75) is 18.9 Å². The van der Waals surface area contributed by atoms with Crippen LogP contribution in [0.4, 0.5) is 5.69 Å². The quantitative estimate of drug-likeness (QED) is 0.489. The normalized spacial score (nSPS) is 16.4. The van der Waals surface area contributed by atoms with Crippen molar-refractivity contribution in [2.24, 2.45) is 0 Å². The Morgan fingerprint density at radius 1 is 1.00 bits per heavy atom. The van der Waals surface area contributed by atoms with Gasteiger partial charge in [-0.25, -0.2) is 0 Å². The molecule has 0 amide bonds. The van der Waals surface area contributed by atoms with E-state index >= 15 is 0 Å². The van der Waals surface area contributed by atoms with Gasteiger partial charge in [0.2, 0.25) is 0 Å². The van der Waals surface area contributed by atoms with Gasteiger partial charge in [0, 0.05) is 44.9 Å². The standard InChI is InChI=1S/C22H29N3O4/c26-21(18-29-22-10-8-20(9-11-22)25(27)28)17-24-15-13-23(14-16-24)12-4-7-19-5-2-1-3-6-19/h1-3,5-6,8-11,21,26H,4,7,12-18H2. The summed E-state index contributed by atoms with van der Waals surface area (Å²) in [7, 11) is 0. The lowest BCUT2D eigenvalue weighted by molar-refractivity contribution is -0.384. The topological polar surface area (TPSA) is 79.1 Å². The van der Waals surface area contributed by atoms with E-state index in [2.05, 4.69) is 34.1 Å². The number of hydrogen-bond donors (Lipinski definition) is 1. The van der Waals surface area contributed by atoms with Crippen molar-refractivity contribution in [3.05, 3.63) is 70.3 Å². The van der Waals surface area contributed by atoms with E-state index < -0.39 is 11.0 Å².